The van der Waals surface area contributed by atoms with Crippen molar-refractivity contribution in [2.24, 2.45) is 10.9 Å². The van der Waals surface area contributed by atoms with Crippen molar-refractivity contribution in [1.29, 1.82) is 0 Å². The molecule has 5 nitrogen and oxygen atoms in total. The monoisotopic (exact) mass is 450 g/mol. The van der Waals surface area contributed by atoms with Crippen molar-refractivity contribution < 1.29 is 14.3 Å². The second-order valence-corrected chi connectivity index (χ2v) is 9.22. The number of nitrogens with one attached hydrogen (secondary N) is 1. The van der Waals surface area contributed by atoms with E-state index in [0.29, 0.717) is 11.1 Å². The largest absolute Gasteiger partial charge is 0.497 e. The topological polar surface area (TPSA) is 59.9 Å². The zero-order valence-electron chi connectivity index (χ0n) is 18.5. The Kier molecular flexibility index (Phi) is 7.88. The summed E-state index contributed by atoms with van der Waals surface area (Å²) in [5.41, 5.74) is 2.03. The van der Waals surface area contributed by atoms with Crippen LogP contribution in [0.15, 0.2) is 59.6 Å². The van der Waals surface area contributed by atoms with Gasteiger partial charge in [-0.2, -0.15) is 0 Å². The molecule has 1 unspecified atom stereocenters. The lowest BCUT2D eigenvalue weighted by Gasteiger charge is -2.22. The minimum Gasteiger partial charge on any atom is -0.497 e. The molecule has 1 heterocycles. The van der Waals surface area contributed by atoms with Gasteiger partial charge in [-0.3, -0.25) is 9.79 Å². The van der Waals surface area contributed by atoms with Gasteiger partial charge in [0.2, 0.25) is 5.91 Å². The number of thioether (sulfide) groups is 1. The van der Waals surface area contributed by atoms with Crippen LogP contribution in [0.3, 0.4) is 0 Å². The molecule has 1 amide bonds. The first kappa shape index (κ1) is 22.5. The third-order valence-corrected chi connectivity index (χ3v) is 6.88. The minimum absolute atomic E-state index is 0.0408. The molecule has 1 fully saturated rings. The van der Waals surface area contributed by atoms with Crippen LogP contribution in [0.1, 0.15) is 49.3 Å². The molecule has 1 N–H and O–H groups in total. The van der Waals surface area contributed by atoms with Crippen molar-refractivity contribution in [2.75, 3.05) is 19.5 Å². The van der Waals surface area contributed by atoms with Crippen LogP contribution in [0.2, 0.25) is 0 Å². The van der Waals surface area contributed by atoms with Gasteiger partial charge in [-0.25, -0.2) is 0 Å². The maximum atomic E-state index is 12.5. The smallest absolute Gasteiger partial charge is 0.249 e. The average Bonchev–Trinajstić information content (AvgIpc) is 3.31. The first-order valence-corrected chi connectivity index (χ1v) is 12.3. The summed E-state index contributed by atoms with van der Waals surface area (Å²) in [6.45, 7) is 0.747. The molecule has 1 aliphatic carbocycles. The fourth-order valence-electron chi connectivity index (χ4n) is 4.06. The zero-order chi connectivity index (χ0) is 22.2. The molecular formula is C26H30N2O3S. The maximum absolute atomic E-state index is 12.5. The first-order chi connectivity index (χ1) is 15.7. The molecule has 2 aliphatic rings. The van der Waals surface area contributed by atoms with Gasteiger partial charge in [-0.15, -0.1) is 0 Å². The van der Waals surface area contributed by atoms with Crippen molar-refractivity contribution in [3.8, 4) is 11.5 Å². The predicted molar refractivity (Wildman–Crippen MR) is 131 cm³/mol. The molecule has 32 heavy (non-hydrogen) atoms. The Labute approximate surface area is 194 Å². The molecule has 4 rings (SSSR count). The number of rotatable bonds is 7. The van der Waals surface area contributed by atoms with Crippen LogP contribution in [0.5, 0.6) is 11.5 Å². The van der Waals surface area contributed by atoms with Crippen LogP contribution in [0, 0.1) is 5.92 Å². The molecule has 0 saturated heterocycles. The number of para-hydroxylation sites is 1. The number of methoxy groups -OCH3 is 1. The molecule has 1 saturated carbocycles. The van der Waals surface area contributed by atoms with Gasteiger partial charge in [0, 0.05) is 17.4 Å². The Balaban J connectivity index is 1.32. The van der Waals surface area contributed by atoms with Crippen LogP contribution >= 0.6 is 11.8 Å². The summed E-state index contributed by atoms with van der Waals surface area (Å²) < 4.78 is 11.3. The summed E-state index contributed by atoms with van der Waals surface area (Å²) in [6, 6.07) is 15.8. The number of benzene rings is 2. The van der Waals surface area contributed by atoms with Gasteiger partial charge in [0.1, 0.15) is 11.5 Å². The van der Waals surface area contributed by atoms with Crippen LogP contribution in [-0.2, 0) is 4.79 Å². The van der Waals surface area contributed by atoms with Crippen molar-refractivity contribution >= 4 is 28.9 Å². The summed E-state index contributed by atoms with van der Waals surface area (Å²) in [4.78, 5) is 17.1. The summed E-state index contributed by atoms with van der Waals surface area (Å²) >= 11 is 1.56. The lowest BCUT2D eigenvalue weighted by molar-refractivity contribution is -0.115. The quantitative estimate of drug-likeness (QED) is 0.556. The van der Waals surface area contributed by atoms with Crippen LogP contribution < -0.4 is 14.8 Å². The number of amidine groups is 1. The number of amides is 1. The van der Waals surface area contributed by atoms with E-state index < -0.39 is 0 Å². The fourth-order valence-corrected chi connectivity index (χ4v) is 5.02. The van der Waals surface area contributed by atoms with Crippen molar-refractivity contribution in [3.63, 3.8) is 0 Å². The number of carbonyl (C=O) groups is 1. The second kappa shape index (κ2) is 11.2. The molecule has 6 heteroatoms. The van der Waals surface area contributed by atoms with E-state index in [1.165, 1.54) is 32.1 Å². The highest BCUT2D eigenvalue weighted by atomic mass is 32.2. The normalized spacial score (nSPS) is 19.0. The summed E-state index contributed by atoms with van der Waals surface area (Å²) in [6.07, 6.45) is 9.80. The van der Waals surface area contributed by atoms with Crippen molar-refractivity contribution in [1.82, 2.24) is 5.32 Å². The Morgan fingerprint density at radius 1 is 1.12 bits per heavy atom. The highest BCUT2D eigenvalue weighted by Crippen LogP contribution is 2.30. The van der Waals surface area contributed by atoms with E-state index in [9.17, 15) is 4.79 Å². The second-order valence-electron chi connectivity index (χ2n) is 8.21. The fraction of sp³-hybridized carbons (Fsp3) is 0.385. The lowest BCUT2D eigenvalue weighted by Crippen LogP contribution is -2.25. The van der Waals surface area contributed by atoms with Crippen LogP contribution in [0.25, 0.3) is 6.08 Å². The van der Waals surface area contributed by atoms with E-state index in [0.717, 1.165) is 35.0 Å². The van der Waals surface area contributed by atoms with E-state index in [4.69, 9.17) is 9.47 Å². The third kappa shape index (κ3) is 6.16. The molecule has 2 aromatic rings. The van der Waals surface area contributed by atoms with Gasteiger partial charge in [0.15, 0.2) is 5.17 Å². The van der Waals surface area contributed by atoms with E-state index in [2.05, 4.69) is 10.3 Å². The Morgan fingerprint density at radius 3 is 2.69 bits per heavy atom. The summed E-state index contributed by atoms with van der Waals surface area (Å²) in [5.74, 6) is 2.91. The number of aliphatic imine (C=N–C) groups is 1. The lowest BCUT2D eigenvalue weighted by atomic mass is 9.90. The molecule has 0 aromatic heterocycles. The molecule has 1 aliphatic heterocycles. The maximum Gasteiger partial charge on any atom is 0.249 e. The Morgan fingerprint density at radius 2 is 1.91 bits per heavy atom. The zero-order valence-corrected chi connectivity index (χ0v) is 19.3. The Bertz CT molecular complexity index is 965. The van der Waals surface area contributed by atoms with Gasteiger partial charge in [-0.1, -0.05) is 61.4 Å². The minimum atomic E-state index is -0.186. The van der Waals surface area contributed by atoms with Gasteiger partial charge in [0.05, 0.1) is 19.8 Å². The molecule has 0 radical (unpaired) electrons. The Hall–Kier alpha value is -2.73. The van der Waals surface area contributed by atoms with Gasteiger partial charge in [-0.05, 0) is 48.6 Å². The SMILES string of the molecule is COc1ccc(C2CSC(NC(=O)/C=C/c3ccccc3OCC3CCCCC3)=N2)cc1. The summed E-state index contributed by atoms with van der Waals surface area (Å²) in [7, 11) is 1.65. The predicted octanol–water partition coefficient (Wildman–Crippen LogP) is 5.63. The van der Waals surface area contributed by atoms with Gasteiger partial charge in [0.25, 0.3) is 0 Å². The van der Waals surface area contributed by atoms with Crippen molar-refractivity contribution in [2.45, 2.75) is 38.1 Å². The van der Waals surface area contributed by atoms with Crippen LogP contribution in [0.4, 0.5) is 0 Å². The van der Waals surface area contributed by atoms with Crippen LogP contribution in [-0.4, -0.2) is 30.5 Å². The van der Waals surface area contributed by atoms with Gasteiger partial charge < -0.3 is 14.8 Å². The third-order valence-electron chi connectivity index (χ3n) is 5.91. The number of nitrogens with zero attached hydrogens (tertiary/aromatic N) is 1. The van der Waals surface area contributed by atoms with Gasteiger partial charge >= 0.3 is 0 Å². The summed E-state index contributed by atoms with van der Waals surface area (Å²) in [5, 5.41) is 3.55. The number of hydrogen-bond acceptors (Lipinski definition) is 5. The molecule has 0 spiro atoms. The molecular weight excluding hydrogens is 420 g/mol. The van der Waals surface area contributed by atoms with E-state index >= 15 is 0 Å². The number of hydrogen-bond donors (Lipinski definition) is 1. The molecule has 1 atom stereocenters. The number of ether oxygens (including phenoxy) is 2. The van der Waals surface area contributed by atoms with E-state index in [1.54, 1.807) is 24.9 Å². The number of carbonyl (C=O) groups excluding carboxylic acids is 1. The highest BCUT2D eigenvalue weighted by molar-refractivity contribution is 8.14. The first-order valence-electron chi connectivity index (χ1n) is 11.3. The average molecular weight is 451 g/mol. The molecule has 168 valence electrons. The molecule has 2 aromatic carbocycles. The highest BCUT2D eigenvalue weighted by Gasteiger charge is 2.21. The van der Waals surface area contributed by atoms with Crippen molar-refractivity contribution in [3.05, 3.63) is 65.7 Å². The standard InChI is InChI=1S/C26H30N2O3S/c1-30-22-14-11-20(12-15-22)23-18-32-26(27-23)28-25(29)16-13-21-9-5-6-10-24(21)31-17-19-7-3-2-4-8-19/h5-6,9-16,19,23H,2-4,7-8,17-18H2,1H3,(H,27,28,29)/b16-13+. The van der Waals surface area contributed by atoms with E-state index in [-0.39, 0.29) is 11.9 Å². The van der Waals surface area contributed by atoms with E-state index in [1.807, 2.05) is 54.6 Å². The molecule has 0 bridgehead atoms.